The largest absolute Gasteiger partial charge is 0.322 e. The predicted molar refractivity (Wildman–Crippen MR) is 83.0 cm³/mol. The molecule has 0 fully saturated rings. The molecule has 104 valence electrons. The Balaban J connectivity index is 2.21. The summed E-state index contributed by atoms with van der Waals surface area (Å²) in [5, 5.41) is 6.17. The Bertz CT molecular complexity index is 590. The van der Waals surface area contributed by atoms with Gasteiger partial charge in [-0.25, -0.2) is 0 Å². The summed E-state index contributed by atoms with van der Waals surface area (Å²) in [7, 11) is 1.91. The number of carbonyl (C=O) groups excluding carboxylic acids is 1. The van der Waals surface area contributed by atoms with E-state index in [4.69, 9.17) is 0 Å². The maximum Gasteiger partial charge on any atom is 0.255 e. The van der Waals surface area contributed by atoms with Gasteiger partial charge in [-0.1, -0.05) is 35.9 Å². The highest BCUT2D eigenvalue weighted by Crippen LogP contribution is 2.22. The van der Waals surface area contributed by atoms with Gasteiger partial charge in [-0.3, -0.25) is 4.79 Å². The Hall–Kier alpha value is -2.13. The molecule has 1 amide bonds. The van der Waals surface area contributed by atoms with E-state index in [0.29, 0.717) is 5.56 Å². The fourth-order valence-electron chi connectivity index (χ4n) is 2.04. The van der Waals surface area contributed by atoms with Crippen molar-refractivity contribution >= 4 is 11.6 Å². The Labute approximate surface area is 120 Å². The first-order valence-electron chi connectivity index (χ1n) is 6.76. The normalized spacial score (nSPS) is 11.9. The molecule has 0 heterocycles. The third kappa shape index (κ3) is 3.25. The lowest BCUT2D eigenvalue weighted by molar-refractivity contribution is 0.102. The van der Waals surface area contributed by atoms with Crippen molar-refractivity contribution in [1.82, 2.24) is 5.32 Å². The number of hydrogen-bond donors (Lipinski definition) is 2. The topological polar surface area (TPSA) is 41.1 Å². The molecule has 2 rings (SSSR count). The van der Waals surface area contributed by atoms with Crippen LogP contribution < -0.4 is 10.6 Å². The van der Waals surface area contributed by atoms with Gasteiger partial charge in [0.2, 0.25) is 0 Å². The molecule has 2 N–H and O–H groups in total. The van der Waals surface area contributed by atoms with Crippen LogP contribution in [-0.2, 0) is 0 Å². The summed E-state index contributed by atoms with van der Waals surface area (Å²) >= 11 is 0. The standard InChI is InChI=1S/C17H20N2O/c1-12-8-10-14(11-9-12)17(20)19-16-7-5-4-6-15(16)13(2)18-3/h4-11,13,18H,1-3H3,(H,19,20). The van der Waals surface area contributed by atoms with E-state index in [2.05, 4.69) is 17.6 Å². The first-order chi connectivity index (χ1) is 9.61. The van der Waals surface area contributed by atoms with Crippen LogP contribution in [-0.4, -0.2) is 13.0 Å². The van der Waals surface area contributed by atoms with Crippen LogP contribution >= 0.6 is 0 Å². The number of hydrogen-bond acceptors (Lipinski definition) is 2. The monoisotopic (exact) mass is 268 g/mol. The number of carbonyl (C=O) groups is 1. The second kappa shape index (κ2) is 6.35. The zero-order chi connectivity index (χ0) is 14.5. The minimum Gasteiger partial charge on any atom is -0.322 e. The minimum atomic E-state index is -0.0826. The highest BCUT2D eigenvalue weighted by Gasteiger charge is 2.11. The summed E-state index contributed by atoms with van der Waals surface area (Å²) in [6.07, 6.45) is 0. The molecular formula is C17H20N2O. The Morgan fingerprint density at radius 3 is 2.35 bits per heavy atom. The molecule has 2 aromatic carbocycles. The van der Waals surface area contributed by atoms with Crippen LogP contribution in [0.1, 0.15) is 34.5 Å². The Morgan fingerprint density at radius 2 is 1.70 bits per heavy atom. The molecule has 0 spiro atoms. The van der Waals surface area contributed by atoms with Crippen LogP contribution in [0.3, 0.4) is 0 Å². The van der Waals surface area contributed by atoms with E-state index >= 15 is 0 Å². The van der Waals surface area contributed by atoms with Crippen molar-refractivity contribution in [2.75, 3.05) is 12.4 Å². The van der Waals surface area contributed by atoms with E-state index in [-0.39, 0.29) is 11.9 Å². The molecule has 1 unspecified atom stereocenters. The molecule has 1 atom stereocenters. The van der Waals surface area contributed by atoms with Crippen LogP contribution in [0, 0.1) is 6.92 Å². The smallest absolute Gasteiger partial charge is 0.255 e. The third-order valence-electron chi connectivity index (χ3n) is 3.42. The summed E-state index contributed by atoms with van der Waals surface area (Å²) < 4.78 is 0. The molecule has 0 bridgehead atoms. The fraction of sp³-hybridized carbons (Fsp3) is 0.235. The third-order valence-corrected chi connectivity index (χ3v) is 3.42. The van der Waals surface area contributed by atoms with E-state index < -0.39 is 0 Å². The highest BCUT2D eigenvalue weighted by molar-refractivity contribution is 6.04. The number of rotatable bonds is 4. The van der Waals surface area contributed by atoms with Crippen molar-refractivity contribution in [1.29, 1.82) is 0 Å². The Kier molecular flexibility index (Phi) is 4.53. The van der Waals surface area contributed by atoms with Gasteiger partial charge in [0.25, 0.3) is 5.91 Å². The molecule has 3 heteroatoms. The van der Waals surface area contributed by atoms with Crippen molar-refractivity contribution in [2.24, 2.45) is 0 Å². The fourth-order valence-corrected chi connectivity index (χ4v) is 2.04. The van der Waals surface area contributed by atoms with E-state index in [1.54, 1.807) is 0 Å². The highest BCUT2D eigenvalue weighted by atomic mass is 16.1. The van der Waals surface area contributed by atoms with E-state index in [1.165, 1.54) is 0 Å². The van der Waals surface area contributed by atoms with Crippen LogP contribution in [0.15, 0.2) is 48.5 Å². The first-order valence-corrected chi connectivity index (χ1v) is 6.76. The van der Waals surface area contributed by atoms with Gasteiger partial charge >= 0.3 is 0 Å². The lowest BCUT2D eigenvalue weighted by atomic mass is 10.1. The molecule has 0 aliphatic heterocycles. The molecule has 0 saturated carbocycles. The lowest BCUT2D eigenvalue weighted by Gasteiger charge is -2.16. The summed E-state index contributed by atoms with van der Waals surface area (Å²) in [5.74, 6) is -0.0826. The average Bonchev–Trinajstić information content (AvgIpc) is 2.47. The van der Waals surface area contributed by atoms with Gasteiger partial charge in [0, 0.05) is 17.3 Å². The minimum absolute atomic E-state index is 0.0826. The maximum absolute atomic E-state index is 12.3. The van der Waals surface area contributed by atoms with Gasteiger partial charge < -0.3 is 10.6 Å². The molecule has 0 aromatic heterocycles. The number of para-hydroxylation sites is 1. The number of anilines is 1. The van der Waals surface area contributed by atoms with Crippen molar-refractivity contribution in [2.45, 2.75) is 19.9 Å². The molecule has 3 nitrogen and oxygen atoms in total. The quantitative estimate of drug-likeness (QED) is 0.890. The van der Waals surface area contributed by atoms with E-state index in [0.717, 1.165) is 16.8 Å². The van der Waals surface area contributed by atoms with Gasteiger partial charge in [0.1, 0.15) is 0 Å². The van der Waals surface area contributed by atoms with Crippen LogP contribution in [0.25, 0.3) is 0 Å². The van der Waals surface area contributed by atoms with Crippen molar-refractivity contribution in [3.8, 4) is 0 Å². The van der Waals surface area contributed by atoms with Crippen molar-refractivity contribution < 1.29 is 4.79 Å². The van der Waals surface area contributed by atoms with E-state index in [1.807, 2.05) is 62.5 Å². The number of aryl methyl sites for hydroxylation is 1. The molecule has 0 saturated heterocycles. The first kappa shape index (κ1) is 14.3. The van der Waals surface area contributed by atoms with E-state index in [9.17, 15) is 4.79 Å². The van der Waals surface area contributed by atoms with Gasteiger partial charge in [0.15, 0.2) is 0 Å². The second-order valence-corrected chi connectivity index (χ2v) is 4.92. The van der Waals surface area contributed by atoms with Gasteiger partial charge in [-0.15, -0.1) is 0 Å². The summed E-state index contributed by atoms with van der Waals surface area (Å²) in [6, 6.07) is 15.6. The summed E-state index contributed by atoms with van der Waals surface area (Å²) in [5.41, 5.74) is 3.74. The van der Waals surface area contributed by atoms with Gasteiger partial charge in [-0.05, 0) is 44.7 Å². The molecule has 20 heavy (non-hydrogen) atoms. The average molecular weight is 268 g/mol. The van der Waals surface area contributed by atoms with Crippen LogP contribution in [0.4, 0.5) is 5.69 Å². The summed E-state index contributed by atoms with van der Waals surface area (Å²) in [4.78, 5) is 12.3. The molecule has 0 aliphatic rings. The summed E-state index contributed by atoms with van der Waals surface area (Å²) in [6.45, 7) is 4.07. The van der Waals surface area contributed by atoms with Crippen molar-refractivity contribution in [3.05, 3.63) is 65.2 Å². The lowest BCUT2D eigenvalue weighted by Crippen LogP contribution is -2.18. The van der Waals surface area contributed by atoms with Crippen LogP contribution in [0.2, 0.25) is 0 Å². The zero-order valence-corrected chi connectivity index (χ0v) is 12.1. The van der Waals surface area contributed by atoms with Gasteiger partial charge in [0.05, 0.1) is 0 Å². The SMILES string of the molecule is CNC(C)c1ccccc1NC(=O)c1ccc(C)cc1. The Morgan fingerprint density at radius 1 is 1.05 bits per heavy atom. The van der Waals surface area contributed by atoms with Crippen molar-refractivity contribution in [3.63, 3.8) is 0 Å². The molecule has 0 radical (unpaired) electrons. The zero-order valence-electron chi connectivity index (χ0n) is 12.1. The number of nitrogens with one attached hydrogen (secondary N) is 2. The van der Waals surface area contributed by atoms with Gasteiger partial charge in [-0.2, -0.15) is 0 Å². The maximum atomic E-state index is 12.3. The molecule has 2 aromatic rings. The van der Waals surface area contributed by atoms with Crippen LogP contribution in [0.5, 0.6) is 0 Å². The number of amides is 1. The molecule has 0 aliphatic carbocycles. The second-order valence-electron chi connectivity index (χ2n) is 4.92. The number of benzene rings is 2. The predicted octanol–water partition coefficient (Wildman–Crippen LogP) is 3.53. The molecular weight excluding hydrogens is 248 g/mol.